The van der Waals surface area contributed by atoms with Crippen LogP contribution in [0.15, 0.2) is 18.3 Å². The number of alkyl halides is 3. The van der Waals surface area contributed by atoms with Crippen molar-refractivity contribution in [1.82, 2.24) is 9.88 Å². The lowest BCUT2D eigenvalue weighted by Crippen LogP contribution is -2.44. The second-order valence-electron chi connectivity index (χ2n) is 5.39. The Labute approximate surface area is 114 Å². The van der Waals surface area contributed by atoms with Crippen LogP contribution in [-0.2, 0) is 11.0 Å². The molecule has 2 heterocycles. The minimum atomic E-state index is -4.37. The monoisotopic (exact) mass is 285 g/mol. The van der Waals surface area contributed by atoms with E-state index in [-0.39, 0.29) is 12.1 Å². The van der Waals surface area contributed by atoms with Gasteiger partial charge < -0.3 is 10.2 Å². The van der Waals surface area contributed by atoms with Crippen LogP contribution in [-0.4, -0.2) is 34.9 Å². The molecule has 1 aliphatic heterocycles. The zero-order chi connectivity index (χ0) is 14.3. The van der Waals surface area contributed by atoms with E-state index < -0.39 is 11.7 Å². The van der Waals surface area contributed by atoms with Crippen LogP contribution in [0, 0.1) is 5.92 Å². The van der Waals surface area contributed by atoms with E-state index in [2.05, 4.69) is 10.3 Å². The molecule has 1 N–H and O–H groups in total. The molecule has 4 nitrogen and oxygen atoms in total. The van der Waals surface area contributed by atoms with Gasteiger partial charge in [-0.25, -0.2) is 4.98 Å². The first-order chi connectivity index (χ1) is 9.47. The number of pyridine rings is 1. The average molecular weight is 285 g/mol. The third-order valence-corrected chi connectivity index (χ3v) is 4.08. The van der Waals surface area contributed by atoms with Gasteiger partial charge in [0, 0.05) is 18.8 Å². The van der Waals surface area contributed by atoms with Crippen molar-refractivity contribution in [3.05, 3.63) is 23.9 Å². The smallest absolute Gasteiger partial charge is 0.365 e. The summed E-state index contributed by atoms with van der Waals surface area (Å²) < 4.78 is 37.3. The number of aromatic nitrogens is 1. The molecule has 1 amide bonds. The highest BCUT2D eigenvalue weighted by atomic mass is 19.4. The Morgan fingerprint density at radius 3 is 2.70 bits per heavy atom. The number of rotatable bonds is 3. The number of nitrogens with one attached hydrogen (secondary N) is 1. The number of halogens is 3. The van der Waals surface area contributed by atoms with E-state index in [1.54, 1.807) is 4.90 Å². The highest BCUT2D eigenvalue weighted by Crippen LogP contribution is 2.38. The highest BCUT2D eigenvalue weighted by molar-refractivity contribution is 5.50. The van der Waals surface area contributed by atoms with Crippen LogP contribution < -0.4 is 5.32 Å². The first-order valence-corrected chi connectivity index (χ1v) is 6.48. The van der Waals surface area contributed by atoms with Gasteiger partial charge in [0.15, 0.2) is 0 Å². The fourth-order valence-electron chi connectivity index (χ4n) is 3.18. The van der Waals surface area contributed by atoms with E-state index in [0.717, 1.165) is 38.1 Å². The van der Waals surface area contributed by atoms with Crippen LogP contribution in [0.1, 0.15) is 18.4 Å². The van der Waals surface area contributed by atoms with Crippen molar-refractivity contribution in [2.75, 3.05) is 11.9 Å². The predicted molar refractivity (Wildman–Crippen MR) is 65.9 cm³/mol. The van der Waals surface area contributed by atoms with Gasteiger partial charge in [0.05, 0.1) is 11.6 Å². The van der Waals surface area contributed by atoms with Crippen LogP contribution in [0.4, 0.5) is 19.0 Å². The number of likely N-dealkylation sites (tertiary alicyclic amines) is 1. The molecule has 20 heavy (non-hydrogen) atoms. The predicted octanol–water partition coefficient (Wildman–Crippen LogP) is 2.13. The Morgan fingerprint density at radius 2 is 2.15 bits per heavy atom. The summed E-state index contributed by atoms with van der Waals surface area (Å²) in [6.07, 6.45) is -0.813. The topological polar surface area (TPSA) is 45.2 Å². The molecule has 1 saturated heterocycles. The number of anilines is 1. The largest absolute Gasteiger partial charge is 0.417 e. The second-order valence-corrected chi connectivity index (χ2v) is 5.39. The van der Waals surface area contributed by atoms with Gasteiger partial charge in [-0.3, -0.25) is 4.79 Å². The molecule has 1 saturated carbocycles. The van der Waals surface area contributed by atoms with E-state index in [0.29, 0.717) is 11.7 Å². The van der Waals surface area contributed by atoms with Crippen LogP contribution in [0.2, 0.25) is 0 Å². The van der Waals surface area contributed by atoms with Crippen molar-refractivity contribution in [3.63, 3.8) is 0 Å². The number of carbonyl (C=O) groups is 1. The maximum atomic E-state index is 12.4. The first-order valence-electron chi connectivity index (χ1n) is 6.48. The fraction of sp³-hybridized carbons (Fsp3) is 0.538. The molecule has 0 spiro atoms. The lowest BCUT2D eigenvalue weighted by molar-refractivity contribution is -0.137. The minimum Gasteiger partial charge on any atom is -0.365 e. The van der Waals surface area contributed by atoms with Crippen LogP contribution in [0.3, 0.4) is 0 Å². The summed E-state index contributed by atoms with van der Waals surface area (Å²) in [4.78, 5) is 16.5. The van der Waals surface area contributed by atoms with E-state index in [1.807, 2.05) is 0 Å². The fourth-order valence-corrected chi connectivity index (χ4v) is 3.18. The molecule has 3 atom stereocenters. The third-order valence-electron chi connectivity index (χ3n) is 4.08. The summed E-state index contributed by atoms with van der Waals surface area (Å²) >= 11 is 0. The highest BCUT2D eigenvalue weighted by Gasteiger charge is 2.44. The molecule has 3 rings (SSSR count). The number of piperidine rings is 1. The zero-order valence-corrected chi connectivity index (χ0v) is 10.6. The molecule has 1 aliphatic carbocycles. The standard InChI is InChI=1S/C13H14F3N3O/c14-13(15,16)9-1-2-12(17-5-9)18-10-3-8-4-11(10)19(6-8)7-20/h1-2,5,7-8,10-11H,3-4,6H2,(H,17,18)/t8-,10+,11-/m0/s1. The van der Waals surface area contributed by atoms with Gasteiger partial charge >= 0.3 is 6.18 Å². The molecular formula is C13H14F3N3O. The van der Waals surface area contributed by atoms with Gasteiger partial charge in [0.2, 0.25) is 6.41 Å². The summed E-state index contributed by atoms with van der Waals surface area (Å²) in [5, 5.41) is 3.14. The first kappa shape index (κ1) is 13.2. The normalized spacial score (nSPS) is 28.8. The van der Waals surface area contributed by atoms with Crippen LogP contribution >= 0.6 is 0 Å². The van der Waals surface area contributed by atoms with Crippen LogP contribution in [0.25, 0.3) is 0 Å². The van der Waals surface area contributed by atoms with Gasteiger partial charge in [0.25, 0.3) is 0 Å². The number of nitrogens with zero attached hydrogens (tertiary/aromatic N) is 2. The quantitative estimate of drug-likeness (QED) is 0.865. The lowest BCUT2D eigenvalue weighted by Gasteiger charge is -2.31. The molecule has 1 aromatic rings. The maximum absolute atomic E-state index is 12.4. The summed E-state index contributed by atoms with van der Waals surface area (Å²) in [6.45, 7) is 0.785. The van der Waals surface area contributed by atoms with Gasteiger partial charge in [-0.1, -0.05) is 0 Å². The molecule has 1 aromatic heterocycles. The molecule has 2 fully saturated rings. The summed E-state index contributed by atoms with van der Waals surface area (Å²) in [5.41, 5.74) is -0.759. The van der Waals surface area contributed by atoms with Crippen LogP contribution in [0.5, 0.6) is 0 Å². The Bertz CT molecular complexity index is 503. The summed E-state index contributed by atoms with van der Waals surface area (Å²) in [6, 6.07) is 2.55. The van der Waals surface area contributed by atoms with Crippen molar-refractivity contribution in [2.24, 2.45) is 5.92 Å². The molecule has 2 aliphatic rings. The van der Waals surface area contributed by atoms with Gasteiger partial charge in [-0.15, -0.1) is 0 Å². The number of amides is 1. The molecule has 0 radical (unpaired) electrons. The number of fused-ring (bicyclic) bond motifs is 2. The molecule has 108 valence electrons. The molecule has 2 bridgehead atoms. The molecular weight excluding hydrogens is 271 g/mol. The van der Waals surface area contributed by atoms with E-state index in [1.165, 1.54) is 6.07 Å². The molecule has 0 unspecified atom stereocenters. The Hall–Kier alpha value is -1.79. The summed E-state index contributed by atoms with van der Waals surface area (Å²) in [5.74, 6) is 0.901. The van der Waals surface area contributed by atoms with Crippen molar-refractivity contribution >= 4 is 12.2 Å². The van der Waals surface area contributed by atoms with Gasteiger partial charge in [-0.2, -0.15) is 13.2 Å². The number of carbonyl (C=O) groups excluding carboxylic acids is 1. The lowest BCUT2D eigenvalue weighted by atomic mass is 10.1. The Morgan fingerprint density at radius 1 is 1.35 bits per heavy atom. The second kappa shape index (κ2) is 4.64. The maximum Gasteiger partial charge on any atom is 0.417 e. The zero-order valence-electron chi connectivity index (χ0n) is 10.6. The SMILES string of the molecule is O=CN1C[C@H]2C[C@@H](Nc3ccc(C(F)(F)F)cn3)[C@@H]1C2. The van der Waals surface area contributed by atoms with E-state index >= 15 is 0 Å². The summed E-state index contributed by atoms with van der Waals surface area (Å²) in [7, 11) is 0. The van der Waals surface area contributed by atoms with E-state index in [9.17, 15) is 18.0 Å². The minimum absolute atomic E-state index is 0.0724. The Balaban J connectivity index is 1.68. The van der Waals surface area contributed by atoms with Gasteiger partial charge in [-0.05, 0) is 30.9 Å². The van der Waals surface area contributed by atoms with Gasteiger partial charge in [0.1, 0.15) is 5.82 Å². The van der Waals surface area contributed by atoms with E-state index in [4.69, 9.17) is 0 Å². The third kappa shape index (κ3) is 2.32. The van der Waals surface area contributed by atoms with Crippen molar-refractivity contribution in [1.29, 1.82) is 0 Å². The number of hydrogen-bond acceptors (Lipinski definition) is 3. The molecule has 0 aromatic carbocycles. The Kier molecular flexibility index (Phi) is 3.07. The van der Waals surface area contributed by atoms with Crippen molar-refractivity contribution in [2.45, 2.75) is 31.1 Å². The van der Waals surface area contributed by atoms with Crippen molar-refractivity contribution in [3.8, 4) is 0 Å². The number of hydrogen-bond donors (Lipinski definition) is 1. The molecule has 7 heteroatoms. The average Bonchev–Trinajstić information content (AvgIpc) is 2.97. The van der Waals surface area contributed by atoms with Crippen molar-refractivity contribution < 1.29 is 18.0 Å².